The molecule has 0 atom stereocenters. The van der Waals surface area contributed by atoms with Gasteiger partial charge in [0.1, 0.15) is 0 Å². The highest BCUT2D eigenvalue weighted by molar-refractivity contribution is 5.95. The fourth-order valence-electron chi connectivity index (χ4n) is 4.62. The zero-order chi connectivity index (χ0) is 31.6. The number of amides is 4. The van der Waals surface area contributed by atoms with Crippen LogP contribution in [0.15, 0.2) is 72.8 Å². The van der Waals surface area contributed by atoms with Crippen LogP contribution in [0.3, 0.4) is 0 Å². The van der Waals surface area contributed by atoms with Crippen molar-refractivity contribution in [3.8, 4) is 0 Å². The van der Waals surface area contributed by atoms with Crippen LogP contribution in [0.25, 0.3) is 0 Å². The highest BCUT2D eigenvalue weighted by Crippen LogP contribution is 2.20. The van der Waals surface area contributed by atoms with Crippen LogP contribution in [-0.2, 0) is 19.2 Å². The summed E-state index contributed by atoms with van der Waals surface area (Å²) in [6.45, 7) is 0. The summed E-state index contributed by atoms with van der Waals surface area (Å²) in [5, 5.41) is 11.4. The van der Waals surface area contributed by atoms with Gasteiger partial charge in [0.25, 0.3) is 0 Å². The molecule has 10 nitrogen and oxygen atoms in total. The zero-order valence-electron chi connectivity index (χ0n) is 25.2. The van der Waals surface area contributed by atoms with Gasteiger partial charge in [0.05, 0.1) is 22.7 Å². The number of nitrogens with two attached hydrogens (primary N) is 2. The number of anilines is 6. The van der Waals surface area contributed by atoms with Gasteiger partial charge in [-0.1, -0.05) is 56.0 Å². The molecule has 0 heterocycles. The predicted octanol–water partition coefficient (Wildman–Crippen LogP) is 6.69. The summed E-state index contributed by atoms with van der Waals surface area (Å²) >= 11 is 0. The average Bonchev–Trinajstić information content (AvgIpc) is 2.99. The summed E-state index contributed by atoms with van der Waals surface area (Å²) in [7, 11) is 0. The highest BCUT2D eigenvalue weighted by atomic mass is 16.2. The monoisotopic (exact) mass is 600 g/mol. The van der Waals surface area contributed by atoms with Gasteiger partial charge < -0.3 is 32.7 Å². The van der Waals surface area contributed by atoms with Gasteiger partial charge in [-0.2, -0.15) is 0 Å². The topological polar surface area (TPSA) is 168 Å². The van der Waals surface area contributed by atoms with Crippen molar-refractivity contribution in [3.63, 3.8) is 0 Å². The van der Waals surface area contributed by atoms with Crippen molar-refractivity contribution < 1.29 is 19.2 Å². The molecule has 4 amide bonds. The van der Waals surface area contributed by atoms with Crippen LogP contribution < -0.4 is 32.7 Å². The Hall–Kier alpha value is -4.86. The second kappa shape index (κ2) is 18.6. The van der Waals surface area contributed by atoms with Crippen LogP contribution in [0.5, 0.6) is 0 Å². The van der Waals surface area contributed by atoms with E-state index >= 15 is 0 Å². The number of unbranched alkanes of at least 4 members (excludes halogenated alkanes) is 6. The molecule has 3 aromatic rings. The highest BCUT2D eigenvalue weighted by Gasteiger charge is 2.08. The van der Waals surface area contributed by atoms with Crippen LogP contribution in [0.4, 0.5) is 34.1 Å². The molecule has 0 aliphatic carbocycles. The lowest BCUT2D eigenvalue weighted by Crippen LogP contribution is -2.13. The number of hydrogen-bond acceptors (Lipinski definition) is 6. The number of nitrogen functional groups attached to an aromatic ring is 2. The molecule has 10 heteroatoms. The summed E-state index contributed by atoms with van der Waals surface area (Å²) in [6.07, 6.45) is 7.90. The van der Waals surface area contributed by atoms with Gasteiger partial charge in [-0.3, -0.25) is 19.2 Å². The molecule has 234 valence electrons. The first kappa shape index (κ1) is 33.6. The molecular weight excluding hydrogens is 556 g/mol. The summed E-state index contributed by atoms with van der Waals surface area (Å²) in [5.41, 5.74) is 15.3. The smallest absolute Gasteiger partial charge is 0.224 e. The maximum Gasteiger partial charge on any atom is 0.224 e. The first-order valence-electron chi connectivity index (χ1n) is 15.3. The van der Waals surface area contributed by atoms with E-state index in [1.54, 1.807) is 48.5 Å². The molecule has 0 unspecified atom stereocenters. The molecule has 0 spiro atoms. The molecule has 8 N–H and O–H groups in total. The SMILES string of the molecule is Nc1ccccc1NC(=O)CCCCCCC(=O)Nc1cccc(NC(=O)CCCCCCC(=O)Nc2ccccc2N)c1. The van der Waals surface area contributed by atoms with Crippen molar-refractivity contribution >= 4 is 57.8 Å². The largest absolute Gasteiger partial charge is 0.397 e. The van der Waals surface area contributed by atoms with Crippen molar-refractivity contribution in [1.29, 1.82) is 0 Å². The van der Waals surface area contributed by atoms with E-state index in [-0.39, 0.29) is 23.6 Å². The van der Waals surface area contributed by atoms with E-state index in [1.165, 1.54) is 0 Å². The lowest BCUT2D eigenvalue weighted by molar-refractivity contribution is -0.117. The molecule has 0 radical (unpaired) electrons. The molecule has 0 aliphatic heterocycles. The Balaban J connectivity index is 1.22. The van der Waals surface area contributed by atoms with Gasteiger partial charge in [-0.05, 0) is 68.1 Å². The minimum atomic E-state index is -0.0910. The average molecular weight is 601 g/mol. The summed E-state index contributed by atoms with van der Waals surface area (Å²) in [4.78, 5) is 49.0. The Kier molecular flexibility index (Phi) is 14.2. The minimum Gasteiger partial charge on any atom is -0.397 e. The van der Waals surface area contributed by atoms with Crippen molar-refractivity contribution in [2.45, 2.75) is 77.0 Å². The molecule has 0 bridgehead atoms. The first-order chi connectivity index (χ1) is 21.3. The van der Waals surface area contributed by atoms with E-state index in [0.717, 1.165) is 51.4 Å². The summed E-state index contributed by atoms with van der Waals surface area (Å²) in [5.74, 6) is -0.321. The second-order valence-corrected chi connectivity index (χ2v) is 10.8. The molecule has 0 aromatic heterocycles. The van der Waals surface area contributed by atoms with E-state index in [1.807, 2.05) is 24.3 Å². The Morgan fingerprint density at radius 1 is 0.432 bits per heavy atom. The third kappa shape index (κ3) is 13.0. The third-order valence-corrected chi connectivity index (χ3v) is 7.02. The van der Waals surface area contributed by atoms with Crippen molar-refractivity contribution in [2.75, 3.05) is 32.7 Å². The van der Waals surface area contributed by atoms with Gasteiger partial charge >= 0.3 is 0 Å². The van der Waals surface area contributed by atoms with Gasteiger partial charge in [-0.25, -0.2) is 0 Å². The zero-order valence-corrected chi connectivity index (χ0v) is 25.2. The lowest BCUT2D eigenvalue weighted by atomic mass is 10.1. The molecule has 0 saturated carbocycles. The van der Waals surface area contributed by atoms with Crippen LogP contribution in [0.2, 0.25) is 0 Å². The number of rotatable bonds is 18. The maximum atomic E-state index is 12.4. The van der Waals surface area contributed by atoms with Crippen molar-refractivity contribution in [3.05, 3.63) is 72.8 Å². The molecule has 3 rings (SSSR count). The van der Waals surface area contributed by atoms with Crippen molar-refractivity contribution in [1.82, 2.24) is 0 Å². The van der Waals surface area contributed by atoms with Crippen molar-refractivity contribution in [2.24, 2.45) is 0 Å². The van der Waals surface area contributed by atoms with Crippen LogP contribution >= 0.6 is 0 Å². The van der Waals surface area contributed by atoms with E-state index in [4.69, 9.17) is 11.5 Å². The third-order valence-electron chi connectivity index (χ3n) is 7.02. The molecule has 0 saturated heterocycles. The summed E-state index contributed by atoms with van der Waals surface area (Å²) < 4.78 is 0. The molecule has 0 fully saturated rings. The maximum absolute atomic E-state index is 12.4. The second-order valence-electron chi connectivity index (χ2n) is 10.8. The van der Waals surface area contributed by atoms with Gasteiger partial charge in [0.15, 0.2) is 0 Å². The van der Waals surface area contributed by atoms with Crippen LogP contribution in [0, 0.1) is 0 Å². The normalized spacial score (nSPS) is 10.5. The fraction of sp³-hybridized carbons (Fsp3) is 0.353. The van der Waals surface area contributed by atoms with Crippen LogP contribution in [-0.4, -0.2) is 23.6 Å². The van der Waals surface area contributed by atoms with E-state index in [2.05, 4.69) is 21.3 Å². The summed E-state index contributed by atoms with van der Waals surface area (Å²) in [6, 6.07) is 21.4. The molecule has 0 aliphatic rings. The number of nitrogens with one attached hydrogen (secondary N) is 4. The number of hydrogen-bond donors (Lipinski definition) is 6. The quantitative estimate of drug-likeness (QED) is 0.0702. The fourth-order valence-corrected chi connectivity index (χ4v) is 4.62. The minimum absolute atomic E-state index is 0.0696. The van der Waals surface area contributed by atoms with Gasteiger partial charge in [-0.15, -0.1) is 0 Å². The number of benzene rings is 3. The first-order valence-corrected chi connectivity index (χ1v) is 15.3. The Bertz CT molecular complexity index is 1290. The standard InChI is InChI=1S/C34H44N6O4/c35-27-16-9-11-18-29(27)39-33(43)22-7-3-1-5-20-31(41)37-25-14-13-15-26(24-25)38-32(42)21-6-2-4-8-23-34(44)40-30-19-12-10-17-28(30)36/h9-19,24H,1-8,20-23,35-36H2,(H,37,41)(H,38,42)(H,39,43)(H,40,44). The molecule has 3 aromatic carbocycles. The van der Waals surface area contributed by atoms with Gasteiger partial charge in [0.2, 0.25) is 23.6 Å². The van der Waals surface area contributed by atoms with E-state index < -0.39 is 0 Å². The van der Waals surface area contributed by atoms with Crippen LogP contribution in [0.1, 0.15) is 77.0 Å². The Labute approximate surface area is 259 Å². The Morgan fingerprint density at radius 2 is 0.773 bits per heavy atom. The van der Waals surface area contributed by atoms with E-state index in [9.17, 15) is 19.2 Å². The van der Waals surface area contributed by atoms with Gasteiger partial charge in [0, 0.05) is 37.1 Å². The van der Waals surface area contributed by atoms with E-state index in [0.29, 0.717) is 59.8 Å². The lowest BCUT2D eigenvalue weighted by Gasteiger charge is -2.09. The number of carbonyl (C=O) groups is 4. The predicted molar refractivity (Wildman–Crippen MR) is 178 cm³/mol. The molecular formula is C34H44N6O4. The number of carbonyl (C=O) groups excluding carboxylic acids is 4. The molecule has 44 heavy (non-hydrogen) atoms. The number of para-hydroxylation sites is 4. The Morgan fingerprint density at radius 3 is 1.14 bits per heavy atom.